The Labute approximate surface area is 124 Å². The summed E-state index contributed by atoms with van der Waals surface area (Å²) >= 11 is 0. The average Bonchev–Trinajstić information content (AvgIpc) is 2.52. The number of nitrogens with zero attached hydrogens (tertiary/aromatic N) is 2. The lowest BCUT2D eigenvalue weighted by atomic mass is 9.83. The van der Waals surface area contributed by atoms with Crippen LogP contribution in [0.5, 0.6) is 0 Å². The highest BCUT2D eigenvalue weighted by molar-refractivity contribution is 5.79. The van der Waals surface area contributed by atoms with Gasteiger partial charge in [-0.15, -0.1) is 0 Å². The molecule has 3 rings (SSSR count). The van der Waals surface area contributed by atoms with Crippen molar-refractivity contribution in [1.29, 1.82) is 0 Å². The van der Waals surface area contributed by atoms with Crippen molar-refractivity contribution < 1.29 is 4.79 Å². The number of aromatic nitrogens is 2. The van der Waals surface area contributed by atoms with Crippen molar-refractivity contribution in [2.24, 2.45) is 5.92 Å². The van der Waals surface area contributed by atoms with Crippen LogP contribution in [0.25, 0.3) is 0 Å². The summed E-state index contributed by atoms with van der Waals surface area (Å²) in [5.41, 5.74) is 4.46. The summed E-state index contributed by atoms with van der Waals surface area (Å²) in [5, 5.41) is 3.00. The van der Waals surface area contributed by atoms with Crippen LogP contribution < -0.4 is 5.32 Å². The standard InChI is InChI=1S/C17H19N3O/c1-12-8-16(20-11-19-12)10-18-17(21)15-7-6-13-4-2-3-5-14(13)9-15/h2-5,8,11,15H,6-7,9-10H2,1H3,(H,18,21). The molecule has 2 aromatic rings. The topological polar surface area (TPSA) is 54.9 Å². The van der Waals surface area contributed by atoms with E-state index in [4.69, 9.17) is 0 Å². The van der Waals surface area contributed by atoms with Gasteiger partial charge < -0.3 is 5.32 Å². The third kappa shape index (κ3) is 3.27. The molecule has 4 heteroatoms. The normalized spacial score (nSPS) is 17.1. The first kappa shape index (κ1) is 13.7. The Morgan fingerprint density at radius 1 is 1.29 bits per heavy atom. The second kappa shape index (κ2) is 6.04. The summed E-state index contributed by atoms with van der Waals surface area (Å²) in [4.78, 5) is 20.5. The third-order valence-electron chi connectivity index (χ3n) is 4.02. The number of hydrogen-bond donors (Lipinski definition) is 1. The molecule has 0 saturated carbocycles. The van der Waals surface area contributed by atoms with Gasteiger partial charge in [0.15, 0.2) is 0 Å². The van der Waals surface area contributed by atoms with Crippen LogP contribution in [-0.4, -0.2) is 15.9 Å². The van der Waals surface area contributed by atoms with E-state index < -0.39 is 0 Å². The zero-order chi connectivity index (χ0) is 14.7. The minimum atomic E-state index is 0.0721. The van der Waals surface area contributed by atoms with Crippen molar-refractivity contribution in [3.8, 4) is 0 Å². The number of aryl methyl sites for hydroxylation is 2. The molecule has 1 amide bonds. The highest BCUT2D eigenvalue weighted by Crippen LogP contribution is 2.25. The summed E-state index contributed by atoms with van der Waals surface area (Å²) < 4.78 is 0. The Hall–Kier alpha value is -2.23. The maximum atomic E-state index is 12.3. The molecule has 21 heavy (non-hydrogen) atoms. The van der Waals surface area contributed by atoms with Crippen molar-refractivity contribution in [3.05, 3.63) is 59.2 Å². The zero-order valence-corrected chi connectivity index (χ0v) is 12.2. The van der Waals surface area contributed by atoms with E-state index in [-0.39, 0.29) is 11.8 Å². The van der Waals surface area contributed by atoms with Crippen molar-refractivity contribution in [2.75, 3.05) is 0 Å². The zero-order valence-electron chi connectivity index (χ0n) is 12.2. The predicted octanol–water partition coefficient (Wildman–Crippen LogP) is 2.21. The number of rotatable bonds is 3. The molecule has 0 fully saturated rings. The Balaban J connectivity index is 1.59. The van der Waals surface area contributed by atoms with Crippen LogP contribution in [0.4, 0.5) is 0 Å². The van der Waals surface area contributed by atoms with Crippen LogP contribution in [-0.2, 0) is 24.2 Å². The molecule has 1 unspecified atom stereocenters. The first-order valence-electron chi connectivity index (χ1n) is 7.34. The lowest BCUT2D eigenvalue weighted by Crippen LogP contribution is -2.33. The van der Waals surface area contributed by atoms with Crippen molar-refractivity contribution in [2.45, 2.75) is 32.7 Å². The second-order valence-electron chi connectivity index (χ2n) is 5.58. The first-order valence-corrected chi connectivity index (χ1v) is 7.34. The second-order valence-corrected chi connectivity index (χ2v) is 5.58. The fraction of sp³-hybridized carbons (Fsp3) is 0.353. The van der Waals surface area contributed by atoms with Gasteiger partial charge in [0.05, 0.1) is 12.2 Å². The number of carbonyl (C=O) groups excluding carboxylic acids is 1. The molecule has 1 N–H and O–H groups in total. The summed E-state index contributed by atoms with van der Waals surface area (Å²) in [5.74, 6) is 0.198. The number of benzene rings is 1. The van der Waals surface area contributed by atoms with Crippen LogP contribution in [0.15, 0.2) is 36.7 Å². The van der Waals surface area contributed by atoms with E-state index in [1.165, 1.54) is 17.5 Å². The fourth-order valence-corrected chi connectivity index (χ4v) is 2.85. The average molecular weight is 281 g/mol. The number of carbonyl (C=O) groups is 1. The van der Waals surface area contributed by atoms with Crippen LogP contribution >= 0.6 is 0 Å². The smallest absolute Gasteiger partial charge is 0.223 e. The van der Waals surface area contributed by atoms with Crippen LogP contribution in [0.2, 0.25) is 0 Å². The minimum absolute atomic E-state index is 0.0721. The number of hydrogen-bond acceptors (Lipinski definition) is 3. The Bertz CT molecular complexity index is 654. The molecule has 1 aromatic heterocycles. The van der Waals surface area contributed by atoms with E-state index in [2.05, 4.69) is 33.5 Å². The van der Waals surface area contributed by atoms with Crippen molar-refractivity contribution in [1.82, 2.24) is 15.3 Å². The molecule has 1 aromatic carbocycles. The Morgan fingerprint density at radius 3 is 2.90 bits per heavy atom. The molecule has 0 bridgehead atoms. The lowest BCUT2D eigenvalue weighted by molar-refractivity contribution is -0.125. The largest absolute Gasteiger partial charge is 0.350 e. The highest BCUT2D eigenvalue weighted by Gasteiger charge is 2.24. The van der Waals surface area contributed by atoms with Gasteiger partial charge in [0.25, 0.3) is 0 Å². The number of nitrogens with one attached hydrogen (secondary N) is 1. The van der Waals surface area contributed by atoms with E-state index in [0.29, 0.717) is 6.54 Å². The van der Waals surface area contributed by atoms with Gasteiger partial charge in [-0.1, -0.05) is 24.3 Å². The quantitative estimate of drug-likeness (QED) is 0.938. The molecule has 4 nitrogen and oxygen atoms in total. The summed E-state index contributed by atoms with van der Waals surface area (Å²) in [7, 11) is 0. The van der Waals surface area contributed by atoms with E-state index in [1.807, 2.05) is 19.1 Å². The van der Waals surface area contributed by atoms with Gasteiger partial charge in [-0.2, -0.15) is 0 Å². The third-order valence-corrected chi connectivity index (χ3v) is 4.02. The molecule has 1 aliphatic carbocycles. The van der Waals surface area contributed by atoms with Crippen LogP contribution in [0.3, 0.4) is 0 Å². The molecule has 1 atom stereocenters. The first-order chi connectivity index (χ1) is 10.2. The van der Waals surface area contributed by atoms with Crippen molar-refractivity contribution >= 4 is 5.91 Å². The maximum Gasteiger partial charge on any atom is 0.223 e. The molecule has 108 valence electrons. The SMILES string of the molecule is Cc1cc(CNC(=O)C2CCc3ccccc3C2)ncn1. The summed E-state index contributed by atoms with van der Waals surface area (Å²) in [6.45, 7) is 2.39. The van der Waals surface area contributed by atoms with Gasteiger partial charge in [-0.05, 0) is 43.4 Å². The molecule has 0 saturated heterocycles. The maximum absolute atomic E-state index is 12.3. The van der Waals surface area contributed by atoms with E-state index in [1.54, 1.807) is 0 Å². The molecule has 0 spiro atoms. The fourth-order valence-electron chi connectivity index (χ4n) is 2.85. The van der Waals surface area contributed by atoms with Crippen LogP contribution in [0, 0.1) is 12.8 Å². The molecular weight excluding hydrogens is 262 g/mol. The van der Waals surface area contributed by atoms with Gasteiger partial charge in [-0.25, -0.2) is 9.97 Å². The lowest BCUT2D eigenvalue weighted by Gasteiger charge is -2.23. The number of fused-ring (bicyclic) bond motifs is 1. The number of amides is 1. The minimum Gasteiger partial charge on any atom is -0.350 e. The van der Waals surface area contributed by atoms with Gasteiger partial charge >= 0.3 is 0 Å². The Morgan fingerprint density at radius 2 is 2.10 bits per heavy atom. The molecular formula is C17H19N3O. The van der Waals surface area contributed by atoms with E-state index in [9.17, 15) is 4.79 Å². The van der Waals surface area contributed by atoms with Gasteiger partial charge in [0.2, 0.25) is 5.91 Å². The molecule has 1 heterocycles. The van der Waals surface area contributed by atoms with Gasteiger partial charge in [0.1, 0.15) is 6.33 Å². The van der Waals surface area contributed by atoms with E-state index >= 15 is 0 Å². The molecule has 0 radical (unpaired) electrons. The summed E-state index contributed by atoms with van der Waals surface area (Å²) in [6, 6.07) is 10.3. The monoisotopic (exact) mass is 281 g/mol. The summed E-state index contributed by atoms with van der Waals surface area (Å²) in [6.07, 6.45) is 4.28. The van der Waals surface area contributed by atoms with Crippen LogP contribution in [0.1, 0.15) is 28.9 Å². The predicted molar refractivity (Wildman–Crippen MR) is 80.6 cm³/mol. The molecule has 0 aliphatic heterocycles. The van der Waals surface area contributed by atoms with Gasteiger partial charge in [0, 0.05) is 11.6 Å². The van der Waals surface area contributed by atoms with E-state index in [0.717, 1.165) is 30.7 Å². The Kier molecular flexibility index (Phi) is 3.95. The highest BCUT2D eigenvalue weighted by atomic mass is 16.1. The van der Waals surface area contributed by atoms with Gasteiger partial charge in [-0.3, -0.25) is 4.79 Å². The molecule has 1 aliphatic rings. The van der Waals surface area contributed by atoms with Crippen molar-refractivity contribution in [3.63, 3.8) is 0 Å².